The minimum absolute atomic E-state index is 0.0130. The van der Waals surface area contributed by atoms with Gasteiger partial charge < -0.3 is 4.57 Å². The SMILES string of the molecule is CC(C)n1nc(-c2cncc(-c3ccc4c(ccn4C)c3)c2)ccc1=O. The zero-order valence-corrected chi connectivity index (χ0v) is 15.0. The maximum atomic E-state index is 11.9. The third kappa shape index (κ3) is 2.81. The molecule has 4 rings (SSSR count). The zero-order chi connectivity index (χ0) is 18.3. The first kappa shape index (κ1) is 16.3. The third-order valence-electron chi connectivity index (χ3n) is 4.57. The monoisotopic (exact) mass is 344 g/mol. The molecule has 0 bridgehead atoms. The van der Waals surface area contributed by atoms with Crippen molar-refractivity contribution in [3.63, 3.8) is 0 Å². The van der Waals surface area contributed by atoms with Gasteiger partial charge in [-0.05, 0) is 49.7 Å². The van der Waals surface area contributed by atoms with Crippen LogP contribution >= 0.6 is 0 Å². The molecule has 4 aromatic rings. The molecule has 0 aliphatic carbocycles. The number of hydrogen-bond acceptors (Lipinski definition) is 3. The third-order valence-corrected chi connectivity index (χ3v) is 4.57. The van der Waals surface area contributed by atoms with Crippen LogP contribution in [0.5, 0.6) is 0 Å². The van der Waals surface area contributed by atoms with Gasteiger partial charge in [0.05, 0.1) is 11.7 Å². The number of nitrogens with zero attached hydrogens (tertiary/aromatic N) is 4. The van der Waals surface area contributed by atoms with Crippen molar-refractivity contribution in [2.75, 3.05) is 0 Å². The van der Waals surface area contributed by atoms with Crippen molar-refractivity contribution in [1.82, 2.24) is 19.3 Å². The highest BCUT2D eigenvalue weighted by atomic mass is 16.1. The summed E-state index contributed by atoms with van der Waals surface area (Å²) in [5.41, 5.74) is 4.87. The van der Waals surface area contributed by atoms with E-state index in [0.29, 0.717) is 0 Å². The van der Waals surface area contributed by atoms with Crippen LogP contribution in [0.1, 0.15) is 19.9 Å². The smallest absolute Gasteiger partial charge is 0.267 e. The number of rotatable bonds is 3. The molecule has 0 saturated carbocycles. The van der Waals surface area contributed by atoms with Crippen molar-refractivity contribution < 1.29 is 0 Å². The molecule has 0 spiro atoms. The van der Waals surface area contributed by atoms with Crippen LogP contribution in [-0.4, -0.2) is 19.3 Å². The fraction of sp³-hybridized carbons (Fsp3) is 0.190. The van der Waals surface area contributed by atoms with Crippen LogP contribution in [0.2, 0.25) is 0 Å². The van der Waals surface area contributed by atoms with Crippen molar-refractivity contribution in [1.29, 1.82) is 0 Å². The van der Waals surface area contributed by atoms with E-state index in [9.17, 15) is 4.79 Å². The summed E-state index contributed by atoms with van der Waals surface area (Å²) in [5.74, 6) is 0. The predicted octanol–water partition coefficient (Wildman–Crippen LogP) is 4.04. The van der Waals surface area contributed by atoms with Gasteiger partial charge in [-0.15, -0.1) is 0 Å². The maximum Gasteiger partial charge on any atom is 0.267 e. The first-order valence-electron chi connectivity index (χ1n) is 8.64. The van der Waals surface area contributed by atoms with Crippen molar-refractivity contribution in [3.8, 4) is 22.4 Å². The Morgan fingerprint density at radius 3 is 2.54 bits per heavy atom. The normalized spacial score (nSPS) is 11.4. The number of aryl methyl sites for hydroxylation is 1. The molecule has 0 aliphatic rings. The Kier molecular flexibility index (Phi) is 3.92. The highest BCUT2D eigenvalue weighted by Gasteiger charge is 2.09. The predicted molar refractivity (Wildman–Crippen MR) is 104 cm³/mol. The fourth-order valence-electron chi connectivity index (χ4n) is 3.15. The van der Waals surface area contributed by atoms with Crippen LogP contribution in [0.25, 0.3) is 33.3 Å². The molecule has 26 heavy (non-hydrogen) atoms. The molecule has 0 amide bonds. The van der Waals surface area contributed by atoms with Crippen LogP contribution < -0.4 is 5.56 Å². The molecule has 0 fully saturated rings. The summed E-state index contributed by atoms with van der Waals surface area (Å²) in [4.78, 5) is 16.3. The van der Waals surface area contributed by atoms with Gasteiger partial charge in [0.2, 0.25) is 0 Å². The van der Waals surface area contributed by atoms with Gasteiger partial charge in [-0.1, -0.05) is 6.07 Å². The zero-order valence-electron chi connectivity index (χ0n) is 15.0. The minimum Gasteiger partial charge on any atom is -0.351 e. The van der Waals surface area contributed by atoms with E-state index >= 15 is 0 Å². The summed E-state index contributed by atoms with van der Waals surface area (Å²) in [5, 5.41) is 5.69. The van der Waals surface area contributed by atoms with E-state index in [-0.39, 0.29) is 11.6 Å². The van der Waals surface area contributed by atoms with E-state index in [4.69, 9.17) is 0 Å². The minimum atomic E-state index is -0.0950. The number of pyridine rings is 1. The molecule has 1 aromatic carbocycles. The molecular weight excluding hydrogens is 324 g/mol. The van der Waals surface area contributed by atoms with Crippen molar-refractivity contribution >= 4 is 10.9 Å². The molecule has 0 N–H and O–H groups in total. The van der Waals surface area contributed by atoms with Gasteiger partial charge in [0.15, 0.2) is 0 Å². The number of aromatic nitrogens is 4. The lowest BCUT2D eigenvalue weighted by atomic mass is 10.0. The molecular formula is C21H20N4O. The van der Waals surface area contributed by atoms with Gasteiger partial charge in [0, 0.05) is 53.7 Å². The molecule has 130 valence electrons. The Bertz CT molecular complexity index is 1150. The average Bonchev–Trinajstić information content (AvgIpc) is 3.02. The lowest BCUT2D eigenvalue weighted by Gasteiger charge is -2.10. The molecule has 5 nitrogen and oxygen atoms in total. The Balaban J connectivity index is 1.79. The summed E-state index contributed by atoms with van der Waals surface area (Å²) in [6.45, 7) is 3.89. The molecule has 0 saturated heterocycles. The number of fused-ring (bicyclic) bond motifs is 1. The van der Waals surface area contributed by atoms with Crippen LogP contribution in [0.4, 0.5) is 0 Å². The Morgan fingerprint density at radius 2 is 1.73 bits per heavy atom. The summed E-state index contributed by atoms with van der Waals surface area (Å²) >= 11 is 0. The Morgan fingerprint density at radius 1 is 0.923 bits per heavy atom. The molecule has 5 heteroatoms. The Labute approximate surface area is 151 Å². The summed E-state index contributed by atoms with van der Waals surface area (Å²) < 4.78 is 3.60. The molecule has 0 radical (unpaired) electrons. The standard InChI is InChI=1S/C21H20N4O/c1-14(2)25-21(26)7-5-19(23-25)18-11-17(12-22-13-18)15-4-6-20-16(10-15)8-9-24(20)3/h4-14H,1-3H3. The van der Waals surface area contributed by atoms with E-state index in [2.05, 4.69) is 51.2 Å². The lowest BCUT2D eigenvalue weighted by molar-refractivity contribution is 0.505. The van der Waals surface area contributed by atoms with E-state index in [1.807, 2.05) is 27.1 Å². The summed E-state index contributed by atoms with van der Waals surface area (Å²) in [7, 11) is 2.04. The molecule has 3 aromatic heterocycles. The van der Waals surface area contributed by atoms with Crippen molar-refractivity contribution in [3.05, 3.63) is 71.4 Å². The van der Waals surface area contributed by atoms with E-state index in [1.165, 1.54) is 15.6 Å². The van der Waals surface area contributed by atoms with Gasteiger partial charge >= 0.3 is 0 Å². The Hall–Kier alpha value is -3.21. The van der Waals surface area contributed by atoms with Gasteiger partial charge in [0.25, 0.3) is 5.56 Å². The second-order valence-corrected chi connectivity index (χ2v) is 6.76. The summed E-state index contributed by atoms with van der Waals surface area (Å²) in [6, 6.07) is 13.9. The van der Waals surface area contributed by atoms with E-state index in [0.717, 1.165) is 22.4 Å². The second kappa shape index (κ2) is 6.26. The lowest BCUT2D eigenvalue weighted by Crippen LogP contribution is -2.23. The largest absolute Gasteiger partial charge is 0.351 e. The highest BCUT2D eigenvalue weighted by molar-refractivity contribution is 5.86. The summed E-state index contributed by atoms with van der Waals surface area (Å²) in [6.07, 6.45) is 5.69. The first-order valence-corrected chi connectivity index (χ1v) is 8.64. The van der Waals surface area contributed by atoms with Gasteiger partial charge in [-0.25, -0.2) is 4.68 Å². The van der Waals surface area contributed by atoms with Crippen LogP contribution in [0, 0.1) is 0 Å². The van der Waals surface area contributed by atoms with Crippen LogP contribution in [0.15, 0.2) is 65.8 Å². The van der Waals surface area contributed by atoms with E-state index in [1.54, 1.807) is 18.3 Å². The first-order chi connectivity index (χ1) is 12.5. The van der Waals surface area contributed by atoms with Gasteiger partial charge in [-0.2, -0.15) is 5.10 Å². The van der Waals surface area contributed by atoms with Crippen LogP contribution in [0.3, 0.4) is 0 Å². The molecule has 0 unspecified atom stereocenters. The van der Waals surface area contributed by atoms with Crippen molar-refractivity contribution in [2.24, 2.45) is 7.05 Å². The van der Waals surface area contributed by atoms with Gasteiger partial charge in [-0.3, -0.25) is 9.78 Å². The maximum absolute atomic E-state index is 11.9. The average molecular weight is 344 g/mol. The molecule has 3 heterocycles. The highest BCUT2D eigenvalue weighted by Crippen LogP contribution is 2.27. The second-order valence-electron chi connectivity index (χ2n) is 6.76. The van der Waals surface area contributed by atoms with E-state index < -0.39 is 0 Å². The van der Waals surface area contributed by atoms with Crippen LogP contribution in [-0.2, 0) is 7.05 Å². The number of benzene rings is 1. The molecule has 0 atom stereocenters. The number of hydrogen-bond donors (Lipinski definition) is 0. The van der Waals surface area contributed by atoms with Crippen molar-refractivity contribution in [2.45, 2.75) is 19.9 Å². The molecule has 0 aliphatic heterocycles. The van der Waals surface area contributed by atoms with Gasteiger partial charge in [0.1, 0.15) is 0 Å². The topological polar surface area (TPSA) is 52.7 Å². The quantitative estimate of drug-likeness (QED) is 0.563. The fourth-order valence-corrected chi connectivity index (χ4v) is 3.15.